The van der Waals surface area contributed by atoms with Crippen LogP contribution in [0.4, 0.5) is 11.8 Å². The number of nitrogens with zero attached hydrogens (tertiary/aromatic N) is 2. The van der Waals surface area contributed by atoms with E-state index in [1.165, 1.54) is 0 Å². The normalized spacial score (nSPS) is 11.8. The Morgan fingerprint density at radius 1 is 1.09 bits per heavy atom. The Hall–Kier alpha value is -4.31. The van der Waals surface area contributed by atoms with E-state index in [4.69, 9.17) is 25.7 Å². The highest BCUT2D eigenvalue weighted by atomic mass is 16.5. The van der Waals surface area contributed by atoms with Gasteiger partial charge in [0.15, 0.2) is 11.5 Å². The molecule has 1 atom stereocenters. The summed E-state index contributed by atoms with van der Waals surface area (Å²) in [5.41, 5.74) is 15.5. The lowest BCUT2D eigenvalue weighted by molar-refractivity contribution is -0.117. The fourth-order valence-electron chi connectivity index (χ4n) is 3.95. The fraction of sp³-hybridized carbons (Fsp3) is 0.240. The first-order chi connectivity index (χ1) is 16.9. The molecule has 6 N–H and O–H groups in total. The number of methoxy groups -OCH3 is 3. The molecular formula is C25H28N6O4. The molecule has 0 fully saturated rings. The highest BCUT2D eigenvalue weighted by molar-refractivity contribution is 5.95. The van der Waals surface area contributed by atoms with Gasteiger partial charge in [-0.2, -0.15) is 4.98 Å². The van der Waals surface area contributed by atoms with Crippen LogP contribution in [-0.4, -0.2) is 48.2 Å². The first-order valence-electron chi connectivity index (χ1n) is 10.9. The number of hydrogen-bond acceptors (Lipinski definition) is 8. The van der Waals surface area contributed by atoms with Gasteiger partial charge in [0.05, 0.1) is 27.4 Å². The highest BCUT2D eigenvalue weighted by Gasteiger charge is 2.20. The zero-order valence-corrected chi connectivity index (χ0v) is 19.8. The second-order valence-corrected chi connectivity index (χ2v) is 7.97. The van der Waals surface area contributed by atoms with Crippen molar-refractivity contribution >= 4 is 28.6 Å². The van der Waals surface area contributed by atoms with Crippen LogP contribution in [0.1, 0.15) is 16.7 Å². The van der Waals surface area contributed by atoms with E-state index in [0.29, 0.717) is 41.5 Å². The van der Waals surface area contributed by atoms with Crippen molar-refractivity contribution in [1.29, 1.82) is 0 Å². The molecule has 0 radical (unpaired) electrons. The van der Waals surface area contributed by atoms with Gasteiger partial charge in [0.2, 0.25) is 17.6 Å². The number of para-hydroxylation sites is 1. The topological polar surface area (TPSA) is 150 Å². The van der Waals surface area contributed by atoms with E-state index in [-0.39, 0.29) is 11.9 Å². The molecule has 10 nitrogen and oxygen atoms in total. The minimum Gasteiger partial charge on any atom is -0.493 e. The smallest absolute Gasteiger partial charge is 0.242 e. The van der Waals surface area contributed by atoms with Gasteiger partial charge in [-0.1, -0.05) is 18.2 Å². The molecule has 4 aromatic rings. The van der Waals surface area contributed by atoms with Crippen LogP contribution in [0.5, 0.6) is 17.2 Å². The minimum atomic E-state index is -0.792. The molecule has 4 rings (SSSR count). The summed E-state index contributed by atoms with van der Waals surface area (Å²) < 4.78 is 16.3. The number of amides is 1. The molecule has 2 aromatic heterocycles. The maximum absolute atomic E-state index is 13.0. The molecule has 10 heteroatoms. The summed E-state index contributed by atoms with van der Waals surface area (Å²) in [6, 6.07) is 10.7. The SMILES string of the molecule is COc1cc(Cc2cnc(N)nc2NC(=O)C(N)Cc2c[nH]c3ccccc23)cc(OC)c1OC. The molecule has 1 unspecified atom stereocenters. The Bertz CT molecular complexity index is 1330. The quantitative estimate of drug-likeness (QED) is 0.288. The summed E-state index contributed by atoms with van der Waals surface area (Å²) in [6.45, 7) is 0. The highest BCUT2D eigenvalue weighted by Crippen LogP contribution is 2.39. The van der Waals surface area contributed by atoms with Crippen molar-refractivity contribution in [2.75, 3.05) is 32.4 Å². The summed E-state index contributed by atoms with van der Waals surface area (Å²) in [6.07, 6.45) is 4.19. The summed E-state index contributed by atoms with van der Waals surface area (Å²) in [5, 5.41) is 3.85. The van der Waals surface area contributed by atoms with Crippen LogP contribution in [0.2, 0.25) is 0 Å². The van der Waals surface area contributed by atoms with Crippen molar-refractivity contribution in [2.45, 2.75) is 18.9 Å². The minimum absolute atomic E-state index is 0.0409. The number of nitrogens with one attached hydrogen (secondary N) is 2. The number of rotatable bonds is 9. The molecule has 0 aliphatic rings. The van der Waals surface area contributed by atoms with Crippen molar-refractivity contribution < 1.29 is 19.0 Å². The van der Waals surface area contributed by atoms with Gasteiger partial charge >= 0.3 is 0 Å². The Morgan fingerprint density at radius 3 is 2.49 bits per heavy atom. The van der Waals surface area contributed by atoms with Gasteiger partial charge in [-0.25, -0.2) is 4.98 Å². The lowest BCUT2D eigenvalue weighted by Crippen LogP contribution is -2.38. The number of nitrogen functional groups attached to an aromatic ring is 1. The first-order valence-corrected chi connectivity index (χ1v) is 10.9. The summed E-state index contributed by atoms with van der Waals surface area (Å²) in [5.74, 6) is 1.49. The van der Waals surface area contributed by atoms with Crippen molar-refractivity contribution in [3.63, 3.8) is 0 Å². The monoisotopic (exact) mass is 476 g/mol. The number of benzene rings is 2. The molecule has 0 aliphatic carbocycles. The largest absolute Gasteiger partial charge is 0.493 e. The summed E-state index contributed by atoms with van der Waals surface area (Å²) in [4.78, 5) is 24.5. The van der Waals surface area contributed by atoms with E-state index in [2.05, 4.69) is 20.3 Å². The van der Waals surface area contributed by atoms with E-state index in [1.807, 2.05) is 42.6 Å². The van der Waals surface area contributed by atoms with E-state index < -0.39 is 6.04 Å². The van der Waals surface area contributed by atoms with Crippen LogP contribution < -0.4 is 31.0 Å². The number of ether oxygens (including phenoxy) is 3. The number of H-pyrrole nitrogens is 1. The van der Waals surface area contributed by atoms with E-state index >= 15 is 0 Å². The molecule has 182 valence electrons. The fourth-order valence-corrected chi connectivity index (χ4v) is 3.95. The number of hydrogen-bond donors (Lipinski definition) is 4. The van der Waals surface area contributed by atoms with Gasteiger partial charge < -0.3 is 36.0 Å². The Balaban J connectivity index is 1.55. The van der Waals surface area contributed by atoms with Crippen molar-refractivity contribution in [1.82, 2.24) is 15.0 Å². The average Bonchev–Trinajstić information content (AvgIpc) is 3.27. The van der Waals surface area contributed by atoms with Gasteiger partial charge in [-0.05, 0) is 35.7 Å². The molecule has 0 bridgehead atoms. The van der Waals surface area contributed by atoms with Crippen LogP contribution in [0.15, 0.2) is 48.8 Å². The van der Waals surface area contributed by atoms with Crippen molar-refractivity contribution in [2.24, 2.45) is 5.73 Å². The number of carbonyl (C=O) groups is 1. The molecule has 1 amide bonds. The predicted molar refractivity (Wildman–Crippen MR) is 134 cm³/mol. The molecule has 0 saturated carbocycles. The number of aromatic amines is 1. The third kappa shape index (κ3) is 5.12. The number of nitrogens with two attached hydrogens (primary N) is 2. The second kappa shape index (κ2) is 10.3. The lowest BCUT2D eigenvalue weighted by Gasteiger charge is -2.16. The zero-order valence-electron chi connectivity index (χ0n) is 19.8. The van der Waals surface area contributed by atoms with Crippen LogP contribution in [0, 0.1) is 0 Å². The molecular weight excluding hydrogens is 448 g/mol. The zero-order chi connectivity index (χ0) is 24.9. The number of aromatic nitrogens is 3. The van der Waals surface area contributed by atoms with Crippen LogP contribution >= 0.6 is 0 Å². The second-order valence-electron chi connectivity index (χ2n) is 7.97. The van der Waals surface area contributed by atoms with E-state index in [0.717, 1.165) is 22.0 Å². The van der Waals surface area contributed by atoms with Crippen molar-refractivity contribution in [3.05, 3.63) is 65.5 Å². The van der Waals surface area contributed by atoms with Gasteiger partial charge in [0.25, 0.3) is 0 Å². The Labute approximate surface area is 202 Å². The molecule has 0 aliphatic heterocycles. The average molecular weight is 477 g/mol. The summed E-state index contributed by atoms with van der Waals surface area (Å²) in [7, 11) is 4.64. The predicted octanol–water partition coefficient (Wildman–Crippen LogP) is 2.67. The van der Waals surface area contributed by atoms with Crippen LogP contribution in [0.25, 0.3) is 10.9 Å². The maximum atomic E-state index is 13.0. The maximum Gasteiger partial charge on any atom is 0.242 e. The first kappa shape index (κ1) is 23.8. The molecule has 0 saturated heterocycles. The number of anilines is 2. The third-order valence-corrected chi connectivity index (χ3v) is 5.70. The lowest BCUT2D eigenvalue weighted by atomic mass is 10.0. The van der Waals surface area contributed by atoms with E-state index in [9.17, 15) is 4.79 Å². The van der Waals surface area contributed by atoms with E-state index in [1.54, 1.807) is 27.5 Å². The van der Waals surface area contributed by atoms with Gasteiger partial charge in [0.1, 0.15) is 5.82 Å². The molecule has 35 heavy (non-hydrogen) atoms. The van der Waals surface area contributed by atoms with Crippen LogP contribution in [0.3, 0.4) is 0 Å². The van der Waals surface area contributed by atoms with Gasteiger partial charge in [-0.3, -0.25) is 4.79 Å². The molecule has 0 spiro atoms. The number of carbonyl (C=O) groups excluding carboxylic acids is 1. The Morgan fingerprint density at radius 2 is 1.80 bits per heavy atom. The van der Waals surface area contributed by atoms with Crippen molar-refractivity contribution in [3.8, 4) is 17.2 Å². The van der Waals surface area contributed by atoms with Crippen LogP contribution in [-0.2, 0) is 17.6 Å². The van der Waals surface area contributed by atoms with Gasteiger partial charge in [-0.15, -0.1) is 0 Å². The third-order valence-electron chi connectivity index (χ3n) is 5.70. The molecule has 2 aromatic carbocycles. The molecule has 2 heterocycles. The van der Waals surface area contributed by atoms with Gasteiger partial charge in [0, 0.05) is 35.3 Å². The Kier molecular flexibility index (Phi) is 7.02. The number of fused-ring (bicyclic) bond motifs is 1. The standard InChI is InChI=1S/C25H28N6O4/c1-33-20-9-14(10-21(34-2)22(20)35-3)8-16-13-29-25(27)31-23(16)30-24(32)18(26)11-15-12-28-19-7-5-4-6-17(15)19/h4-7,9-10,12-13,18,28H,8,11,26H2,1-3H3,(H3,27,29,30,31,32). The summed E-state index contributed by atoms with van der Waals surface area (Å²) >= 11 is 0.